The second-order valence-corrected chi connectivity index (χ2v) is 4.24. The second kappa shape index (κ2) is 4.99. The van der Waals surface area contributed by atoms with E-state index < -0.39 is 6.04 Å². The van der Waals surface area contributed by atoms with Gasteiger partial charge in [-0.1, -0.05) is 6.07 Å². The van der Waals surface area contributed by atoms with Crippen LogP contribution in [0.15, 0.2) is 30.3 Å². The van der Waals surface area contributed by atoms with E-state index in [-0.39, 0.29) is 12.2 Å². The molecule has 1 unspecified atom stereocenters. The number of aryl methyl sites for hydroxylation is 1. The first kappa shape index (κ1) is 12.3. The largest absolute Gasteiger partial charge is 0.320 e. The molecular formula is C15H14N2O. The van der Waals surface area contributed by atoms with Crippen LogP contribution in [-0.4, -0.2) is 16.8 Å². The summed E-state index contributed by atoms with van der Waals surface area (Å²) in [4.78, 5) is 16.4. The number of rotatable bonds is 3. The minimum Gasteiger partial charge on any atom is -0.320 e. The average molecular weight is 238 g/mol. The summed E-state index contributed by atoms with van der Waals surface area (Å²) in [7, 11) is 0. The molecule has 0 aliphatic rings. The lowest BCUT2D eigenvalue weighted by molar-refractivity contribution is 0.0963. The molecule has 1 atom stereocenters. The Morgan fingerprint density at radius 3 is 2.94 bits per heavy atom. The Morgan fingerprint density at radius 1 is 1.44 bits per heavy atom. The van der Waals surface area contributed by atoms with Crippen molar-refractivity contribution in [3.63, 3.8) is 0 Å². The van der Waals surface area contributed by atoms with Gasteiger partial charge in [0.1, 0.15) is 0 Å². The van der Waals surface area contributed by atoms with Gasteiger partial charge in [-0.15, -0.1) is 12.3 Å². The van der Waals surface area contributed by atoms with E-state index in [4.69, 9.17) is 12.2 Å². The van der Waals surface area contributed by atoms with Gasteiger partial charge in [0, 0.05) is 23.1 Å². The number of Topliss-reactive ketones (excluding diaryl/α,β-unsaturated/α-hetero) is 1. The number of nitrogens with zero attached hydrogens (tertiary/aromatic N) is 1. The number of carbonyl (C=O) groups excluding carboxylic acids is 1. The lowest BCUT2D eigenvalue weighted by atomic mass is 10.0. The number of hydrogen-bond donors (Lipinski definition) is 1. The third-order valence-electron chi connectivity index (χ3n) is 2.79. The van der Waals surface area contributed by atoms with Gasteiger partial charge >= 0.3 is 0 Å². The van der Waals surface area contributed by atoms with E-state index in [0.717, 1.165) is 16.6 Å². The molecule has 0 aliphatic heterocycles. The van der Waals surface area contributed by atoms with Crippen LogP contribution in [0.1, 0.15) is 22.5 Å². The van der Waals surface area contributed by atoms with Crippen molar-refractivity contribution < 1.29 is 4.79 Å². The maximum Gasteiger partial charge on any atom is 0.180 e. The molecule has 90 valence electrons. The number of pyridine rings is 1. The van der Waals surface area contributed by atoms with Crippen LogP contribution in [0.3, 0.4) is 0 Å². The quantitative estimate of drug-likeness (QED) is 0.658. The van der Waals surface area contributed by atoms with Gasteiger partial charge in [0.25, 0.3) is 0 Å². The van der Waals surface area contributed by atoms with Gasteiger partial charge < -0.3 is 5.73 Å². The van der Waals surface area contributed by atoms with E-state index in [0.29, 0.717) is 5.56 Å². The molecule has 2 aromatic rings. The molecule has 0 aliphatic carbocycles. The van der Waals surface area contributed by atoms with Crippen LogP contribution < -0.4 is 5.73 Å². The maximum atomic E-state index is 12.0. The average Bonchev–Trinajstić information content (AvgIpc) is 2.37. The Hall–Kier alpha value is -2.18. The minimum absolute atomic E-state index is 0.129. The third kappa shape index (κ3) is 2.39. The van der Waals surface area contributed by atoms with Crippen molar-refractivity contribution in [2.24, 2.45) is 5.73 Å². The molecule has 1 heterocycles. The molecule has 0 radical (unpaired) electrons. The summed E-state index contributed by atoms with van der Waals surface area (Å²) in [5.74, 6) is 2.28. The van der Waals surface area contributed by atoms with Gasteiger partial charge in [0.15, 0.2) is 5.78 Å². The van der Waals surface area contributed by atoms with Crippen molar-refractivity contribution in [3.8, 4) is 12.3 Å². The molecule has 0 amide bonds. The summed E-state index contributed by atoms with van der Waals surface area (Å²) < 4.78 is 0. The number of ketones is 1. The number of nitrogens with two attached hydrogens (primary N) is 1. The highest BCUT2D eigenvalue weighted by atomic mass is 16.1. The Balaban J connectivity index is 2.39. The van der Waals surface area contributed by atoms with Crippen LogP contribution in [0.5, 0.6) is 0 Å². The van der Waals surface area contributed by atoms with Crippen molar-refractivity contribution >= 4 is 16.7 Å². The fourth-order valence-corrected chi connectivity index (χ4v) is 1.81. The molecule has 0 bridgehead atoms. The molecule has 3 heteroatoms. The highest BCUT2D eigenvalue weighted by Crippen LogP contribution is 2.16. The maximum absolute atomic E-state index is 12.0. The van der Waals surface area contributed by atoms with Crippen LogP contribution in [0.2, 0.25) is 0 Å². The Kier molecular flexibility index (Phi) is 3.40. The van der Waals surface area contributed by atoms with Crippen LogP contribution in [-0.2, 0) is 0 Å². The minimum atomic E-state index is -0.633. The van der Waals surface area contributed by atoms with E-state index in [9.17, 15) is 4.79 Å². The predicted octanol–water partition coefficient (Wildman–Crippen LogP) is 2.08. The van der Waals surface area contributed by atoms with Gasteiger partial charge in [0.05, 0.1) is 11.6 Å². The number of fused-ring (bicyclic) bond motifs is 1. The standard InChI is InChI=1S/C15H14N2O/c1-3-4-13(16)15(18)12-7-8-14-11(9-12)6-5-10(2)17-14/h1,5-9,13H,4,16H2,2H3. The fraction of sp³-hybridized carbons (Fsp3) is 0.200. The molecule has 0 saturated carbocycles. The van der Waals surface area contributed by atoms with Crippen LogP contribution in [0.25, 0.3) is 10.9 Å². The normalized spacial score (nSPS) is 12.1. The van der Waals surface area contributed by atoms with Gasteiger partial charge in [-0.25, -0.2) is 0 Å². The molecule has 2 N–H and O–H groups in total. The second-order valence-electron chi connectivity index (χ2n) is 4.24. The van der Waals surface area contributed by atoms with Gasteiger partial charge in [-0.2, -0.15) is 0 Å². The number of benzene rings is 1. The van der Waals surface area contributed by atoms with E-state index in [1.807, 2.05) is 25.1 Å². The van der Waals surface area contributed by atoms with E-state index >= 15 is 0 Å². The summed E-state index contributed by atoms with van der Waals surface area (Å²) >= 11 is 0. The number of carbonyl (C=O) groups is 1. The molecule has 2 rings (SSSR count). The van der Waals surface area contributed by atoms with Gasteiger partial charge in [0.2, 0.25) is 0 Å². The summed E-state index contributed by atoms with van der Waals surface area (Å²) in [6, 6.07) is 8.61. The topological polar surface area (TPSA) is 56.0 Å². The molecule has 1 aromatic carbocycles. The van der Waals surface area contributed by atoms with Gasteiger partial charge in [-0.3, -0.25) is 9.78 Å². The monoisotopic (exact) mass is 238 g/mol. The summed E-state index contributed by atoms with van der Waals surface area (Å²) in [6.45, 7) is 1.93. The Labute approximate surface area is 106 Å². The van der Waals surface area contributed by atoms with Crippen molar-refractivity contribution in [2.75, 3.05) is 0 Å². The summed E-state index contributed by atoms with van der Waals surface area (Å²) in [5, 5.41) is 0.930. The molecule has 3 nitrogen and oxygen atoms in total. The van der Waals surface area contributed by atoms with Crippen molar-refractivity contribution in [3.05, 3.63) is 41.6 Å². The first-order valence-electron chi connectivity index (χ1n) is 5.72. The lowest BCUT2D eigenvalue weighted by Crippen LogP contribution is -2.29. The van der Waals surface area contributed by atoms with Crippen LogP contribution in [0, 0.1) is 19.3 Å². The first-order valence-corrected chi connectivity index (χ1v) is 5.72. The SMILES string of the molecule is C#CCC(N)C(=O)c1ccc2nc(C)ccc2c1. The van der Waals surface area contributed by atoms with Crippen LogP contribution >= 0.6 is 0 Å². The highest BCUT2D eigenvalue weighted by Gasteiger charge is 2.14. The fourth-order valence-electron chi connectivity index (χ4n) is 1.81. The van der Waals surface area contributed by atoms with Gasteiger partial charge in [-0.05, 0) is 31.2 Å². The predicted molar refractivity (Wildman–Crippen MR) is 72.2 cm³/mol. The van der Waals surface area contributed by atoms with Crippen molar-refractivity contribution in [1.29, 1.82) is 0 Å². The van der Waals surface area contributed by atoms with Crippen LogP contribution in [0.4, 0.5) is 0 Å². The smallest absolute Gasteiger partial charge is 0.180 e. The lowest BCUT2D eigenvalue weighted by Gasteiger charge is -2.08. The molecule has 0 spiro atoms. The molecule has 0 saturated heterocycles. The Bertz CT molecular complexity index is 640. The zero-order valence-electron chi connectivity index (χ0n) is 10.2. The molecule has 18 heavy (non-hydrogen) atoms. The van der Waals surface area contributed by atoms with Crippen molar-refractivity contribution in [2.45, 2.75) is 19.4 Å². The molecule has 0 fully saturated rings. The highest BCUT2D eigenvalue weighted by molar-refractivity contribution is 6.02. The van der Waals surface area contributed by atoms with Crippen molar-refractivity contribution in [1.82, 2.24) is 4.98 Å². The van der Waals surface area contributed by atoms with E-state index in [1.165, 1.54) is 0 Å². The number of terminal acetylenes is 1. The zero-order chi connectivity index (χ0) is 13.1. The van der Waals surface area contributed by atoms with E-state index in [1.54, 1.807) is 12.1 Å². The summed E-state index contributed by atoms with van der Waals surface area (Å²) in [5.41, 5.74) is 8.12. The summed E-state index contributed by atoms with van der Waals surface area (Å²) in [6.07, 6.45) is 5.41. The van der Waals surface area contributed by atoms with E-state index in [2.05, 4.69) is 10.9 Å². The molecule has 1 aromatic heterocycles. The zero-order valence-corrected chi connectivity index (χ0v) is 10.2. The Morgan fingerprint density at radius 2 is 2.22 bits per heavy atom. The third-order valence-corrected chi connectivity index (χ3v) is 2.79. The number of aromatic nitrogens is 1. The molecular weight excluding hydrogens is 224 g/mol. The number of hydrogen-bond acceptors (Lipinski definition) is 3. The first-order chi connectivity index (χ1) is 8.61.